The Hall–Kier alpha value is -0.970. The van der Waals surface area contributed by atoms with Crippen LogP contribution in [0.15, 0.2) is 0 Å². The minimum absolute atomic E-state index is 0.329. The first-order valence-electron chi connectivity index (χ1n) is 11.5. The summed E-state index contributed by atoms with van der Waals surface area (Å²) in [5.74, 6) is 0. The highest BCUT2D eigenvalue weighted by molar-refractivity contribution is 5.67. The molecular weight excluding hydrogens is 384 g/mol. The van der Waals surface area contributed by atoms with Gasteiger partial charge in [-0.25, -0.2) is 4.79 Å². The fourth-order valence-electron chi connectivity index (χ4n) is 3.77. The minimum Gasteiger partial charge on any atom is -0.444 e. The highest BCUT2D eigenvalue weighted by atomic mass is 16.6. The van der Waals surface area contributed by atoms with Crippen LogP contribution in [-0.2, 0) is 9.47 Å². The molecule has 0 bridgehead atoms. The third kappa shape index (κ3) is 10.9. The lowest BCUT2D eigenvalue weighted by atomic mass is 10.2. The zero-order chi connectivity index (χ0) is 21.8. The van der Waals surface area contributed by atoms with Crippen molar-refractivity contribution in [3.63, 3.8) is 0 Å². The van der Waals surface area contributed by atoms with E-state index in [9.17, 15) is 4.79 Å². The Morgan fingerprint density at radius 1 is 0.800 bits per heavy atom. The Morgan fingerprint density at radius 3 is 1.73 bits per heavy atom. The maximum absolute atomic E-state index is 11.7. The van der Waals surface area contributed by atoms with Gasteiger partial charge in [-0.05, 0) is 20.8 Å². The zero-order valence-electron chi connectivity index (χ0n) is 19.4. The van der Waals surface area contributed by atoms with Gasteiger partial charge in [0.2, 0.25) is 0 Å². The van der Waals surface area contributed by atoms with Crippen molar-refractivity contribution in [2.24, 2.45) is 5.73 Å². The maximum Gasteiger partial charge on any atom is 0.407 e. The van der Waals surface area contributed by atoms with Crippen molar-refractivity contribution in [3.8, 4) is 0 Å². The molecule has 1 amide bonds. The number of nitrogens with one attached hydrogen (secondary N) is 1. The molecule has 2 aliphatic rings. The summed E-state index contributed by atoms with van der Waals surface area (Å²) in [5, 5.41) is 2.85. The van der Waals surface area contributed by atoms with Crippen molar-refractivity contribution in [1.29, 1.82) is 0 Å². The second kappa shape index (κ2) is 13.4. The molecule has 0 atom stereocenters. The Kier molecular flexibility index (Phi) is 11.3. The van der Waals surface area contributed by atoms with Crippen LogP contribution in [0.1, 0.15) is 20.8 Å². The van der Waals surface area contributed by atoms with Crippen molar-refractivity contribution < 1.29 is 14.3 Å². The van der Waals surface area contributed by atoms with Gasteiger partial charge in [0, 0.05) is 91.6 Å². The Balaban J connectivity index is 1.48. The molecule has 0 radical (unpaired) electrons. The lowest BCUT2D eigenvalue weighted by Gasteiger charge is -2.38. The van der Waals surface area contributed by atoms with Gasteiger partial charge in [0.1, 0.15) is 5.60 Å². The number of rotatable bonds is 11. The third-order valence-corrected chi connectivity index (χ3v) is 5.57. The number of piperazine rings is 2. The largest absolute Gasteiger partial charge is 0.444 e. The smallest absolute Gasteiger partial charge is 0.407 e. The number of carbonyl (C=O) groups is 1. The summed E-state index contributed by atoms with van der Waals surface area (Å²) in [7, 11) is 0. The van der Waals surface area contributed by atoms with Crippen LogP contribution in [0.25, 0.3) is 0 Å². The van der Waals surface area contributed by atoms with Crippen LogP contribution >= 0.6 is 0 Å². The molecule has 9 nitrogen and oxygen atoms in total. The zero-order valence-corrected chi connectivity index (χ0v) is 19.4. The topological polar surface area (TPSA) is 86.5 Å². The number of hydrogen-bond acceptors (Lipinski definition) is 8. The molecule has 2 saturated heterocycles. The number of nitrogens with two attached hydrogens (primary N) is 1. The van der Waals surface area contributed by atoms with Gasteiger partial charge >= 0.3 is 6.09 Å². The fourth-order valence-corrected chi connectivity index (χ4v) is 3.77. The van der Waals surface area contributed by atoms with Crippen LogP contribution in [0.3, 0.4) is 0 Å². The molecule has 30 heavy (non-hydrogen) atoms. The van der Waals surface area contributed by atoms with Crippen molar-refractivity contribution in [2.45, 2.75) is 26.4 Å². The number of nitrogens with zero attached hydrogens (tertiary/aromatic N) is 4. The third-order valence-electron chi connectivity index (χ3n) is 5.57. The lowest BCUT2D eigenvalue weighted by molar-refractivity contribution is 0.0512. The number of carbonyl (C=O) groups excluding carboxylic acids is 1. The molecule has 0 aromatic heterocycles. The number of ether oxygens (including phenoxy) is 2. The summed E-state index contributed by atoms with van der Waals surface area (Å²) in [6.45, 7) is 21.4. The molecule has 3 N–H and O–H groups in total. The van der Waals surface area contributed by atoms with Gasteiger partial charge in [-0.2, -0.15) is 0 Å². The predicted molar refractivity (Wildman–Crippen MR) is 120 cm³/mol. The van der Waals surface area contributed by atoms with E-state index < -0.39 is 5.60 Å². The summed E-state index contributed by atoms with van der Waals surface area (Å²) in [6, 6.07) is 0. The van der Waals surface area contributed by atoms with E-state index in [1.807, 2.05) is 20.8 Å². The van der Waals surface area contributed by atoms with Crippen LogP contribution in [-0.4, -0.2) is 136 Å². The van der Waals surface area contributed by atoms with Crippen LogP contribution in [0.5, 0.6) is 0 Å². The van der Waals surface area contributed by atoms with E-state index >= 15 is 0 Å². The molecule has 9 heteroatoms. The van der Waals surface area contributed by atoms with Crippen LogP contribution in [0.4, 0.5) is 4.79 Å². The fraction of sp³-hybridized carbons (Fsp3) is 0.952. The Morgan fingerprint density at radius 2 is 1.27 bits per heavy atom. The standard InChI is InChI=1S/C21H44N6O3/c1-21(2,3)30-20(28)23-5-6-24-7-9-25(10-8-24)11-12-26-13-15-27(16-14-26)17-19-29-18-4-22/h4-19,22H2,1-3H3,(H,23,28). The number of amides is 1. The number of alkyl carbamates (subject to hydrolysis) is 1. The highest BCUT2D eigenvalue weighted by Gasteiger charge is 2.20. The second-order valence-electron chi connectivity index (χ2n) is 9.20. The molecule has 0 aromatic carbocycles. The molecule has 0 saturated carbocycles. The first-order chi connectivity index (χ1) is 14.4. The maximum atomic E-state index is 11.7. The van der Waals surface area contributed by atoms with Gasteiger partial charge in [-0.3, -0.25) is 19.6 Å². The summed E-state index contributed by atoms with van der Waals surface area (Å²) >= 11 is 0. The Labute approximate surface area is 182 Å². The summed E-state index contributed by atoms with van der Waals surface area (Å²) in [4.78, 5) is 21.7. The predicted octanol–water partition coefficient (Wildman–Crippen LogP) is -0.278. The van der Waals surface area contributed by atoms with Crippen molar-refractivity contribution >= 4 is 6.09 Å². The van der Waals surface area contributed by atoms with Crippen molar-refractivity contribution in [1.82, 2.24) is 24.9 Å². The molecule has 0 aromatic rings. The van der Waals surface area contributed by atoms with E-state index in [-0.39, 0.29) is 6.09 Å². The molecule has 176 valence electrons. The number of hydrogen-bond donors (Lipinski definition) is 2. The van der Waals surface area contributed by atoms with Crippen LogP contribution < -0.4 is 11.1 Å². The molecule has 2 aliphatic heterocycles. The monoisotopic (exact) mass is 428 g/mol. The van der Waals surface area contributed by atoms with Gasteiger partial charge in [0.05, 0.1) is 13.2 Å². The lowest BCUT2D eigenvalue weighted by Crippen LogP contribution is -2.52. The van der Waals surface area contributed by atoms with Crippen LogP contribution in [0.2, 0.25) is 0 Å². The van der Waals surface area contributed by atoms with E-state index in [1.54, 1.807) is 0 Å². The van der Waals surface area contributed by atoms with Crippen LogP contribution in [0, 0.1) is 0 Å². The van der Waals surface area contributed by atoms with Gasteiger partial charge in [-0.1, -0.05) is 0 Å². The van der Waals surface area contributed by atoms with Crippen molar-refractivity contribution in [3.05, 3.63) is 0 Å². The van der Waals surface area contributed by atoms with Gasteiger partial charge in [-0.15, -0.1) is 0 Å². The average molecular weight is 429 g/mol. The first kappa shape index (κ1) is 25.3. The molecule has 2 fully saturated rings. The van der Waals surface area contributed by atoms with Gasteiger partial charge < -0.3 is 20.5 Å². The van der Waals surface area contributed by atoms with E-state index in [1.165, 1.54) is 0 Å². The SMILES string of the molecule is CC(C)(C)OC(=O)NCCN1CCN(CCN2CCN(CCOCCN)CC2)CC1. The summed E-state index contributed by atoms with van der Waals surface area (Å²) in [5.41, 5.74) is 5.00. The summed E-state index contributed by atoms with van der Waals surface area (Å²) < 4.78 is 10.8. The Bertz CT molecular complexity index is 472. The van der Waals surface area contributed by atoms with Gasteiger partial charge in [0.25, 0.3) is 0 Å². The molecule has 0 spiro atoms. The normalized spacial score (nSPS) is 20.4. The average Bonchev–Trinajstić information content (AvgIpc) is 2.70. The van der Waals surface area contributed by atoms with E-state index in [2.05, 4.69) is 24.9 Å². The molecular formula is C21H44N6O3. The van der Waals surface area contributed by atoms with E-state index in [4.69, 9.17) is 15.2 Å². The van der Waals surface area contributed by atoms with E-state index in [0.29, 0.717) is 19.7 Å². The van der Waals surface area contributed by atoms with E-state index in [0.717, 1.165) is 85.1 Å². The van der Waals surface area contributed by atoms with Crippen molar-refractivity contribution in [2.75, 3.05) is 105 Å². The molecule has 2 rings (SSSR count). The molecule has 2 heterocycles. The molecule has 0 aliphatic carbocycles. The summed E-state index contributed by atoms with van der Waals surface area (Å²) in [6.07, 6.45) is -0.329. The second-order valence-corrected chi connectivity index (χ2v) is 9.20. The first-order valence-corrected chi connectivity index (χ1v) is 11.5. The quantitative estimate of drug-likeness (QED) is 0.435. The van der Waals surface area contributed by atoms with Gasteiger partial charge in [0.15, 0.2) is 0 Å². The minimum atomic E-state index is -0.443. The molecule has 0 unspecified atom stereocenters. The highest BCUT2D eigenvalue weighted by Crippen LogP contribution is 2.07.